The molecule has 1 saturated heterocycles. The van der Waals surface area contributed by atoms with Crippen molar-refractivity contribution in [3.05, 3.63) is 83.4 Å². The number of aryl methyl sites for hydroxylation is 1. The van der Waals surface area contributed by atoms with E-state index in [4.69, 9.17) is 9.84 Å². The molecule has 0 spiro atoms. The Kier molecular flexibility index (Phi) is 8.73. The van der Waals surface area contributed by atoms with Crippen molar-refractivity contribution in [2.45, 2.75) is 37.1 Å². The lowest BCUT2D eigenvalue weighted by Gasteiger charge is -2.25. The molecule has 1 heterocycles. The summed E-state index contributed by atoms with van der Waals surface area (Å²) in [6.45, 7) is 2.34. The molecule has 3 aromatic carbocycles. The maximum Gasteiger partial charge on any atom is 0.335 e. The number of hydrogen-bond acceptors (Lipinski definition) is 6. The van der Waals surface area contributed by atoms with Crippen LogP contribution in [0.25, 0.3) is 0 Å². The van der Waals surface area contributed by atoms with Crippen LogP contribution in [0.5, 0.6) is 5.75 Å². The van der Waals surface area contributed by atoms with Gasteiger partial charge in [-0.3, -0.25) is 4.79 Å². The number of rotatable bonds is 9. The van der Waals surface area contributed by atoms with Gasteiger partial charge in [-0.1, -0.05) is 24.3 Å². The van der Waals surface area contributed by atoms with E-state index in [-0.39, 0.29) is 28.5 Å². The molecule has 1 aliphatic heterocycles. The number of anilines is 2. The first-order valence-corrected chi connectivity index (χ1v) is 14.4. The van der Waals surface area contributed by atoms with Gasteiger partial charge in [-0.2, -0.15) is 0 Å². The zero-order chi connectivity index (χ0) is 28.9. The largest absolute Gasteiger partial charge is 0.495 e. The lowest BCUT2D eigenvalue weighted by atomic mass is 10.1. The van der Waals surface area contributed by atoms with Gasteiger partial charge in [-0.25, -0.2) is 18.0 Å². The van der Waals surface area contributed by atoms with Crippen molar-refractivity contribution in [1.29, 1.82) is 0 Å². The summed E-state index contributed by atoms with van der Waals surface area (Å²) in [5.74, 6) is -1.20. The van der Waals surface area contributed by atoms with Crippen LogP contribution >= 0.6 is 0 Å². The zero-order valence-electron chi connectivity index (χ0n) is 22.2. The Morgan fingerprint density at radius 1 is 1.00 bits per heavy atom. The highest BCUT2D eigenvalue weighted by Crippen LogP contribution is 2.28. The van der Waals surface area contributed by atoms with Gasteiger partial charge in [-0.05, 0) is 73.4 Å². The van der Waals surface area contributed by atoms with Crippen LogP contribution in [0.3, 0.4) is 0 Å². The molecule has 0 aromatic heterocycles. The highest BCUT2D eigenvalue weighted by Gasteiger charge is 2.33. The van der Waals surface area contributed by atoms with E-state index in [2.05, 4.69) is 10.6 Å². The van der Waals surface area contributed by atoms with Crippen LogP contribution in [0.15, 0.2) is 71.6 Å². The zero-order valence-corrected chi connectivity index (χ0v) is 23.0. The number of sulfone groups is 1. The summed E-state index contributed by atoms with van der Waals surface area (Å²) in [4.78, 5) is 38.4. The standard InChI is InChI=1S/C29H31N3O7S/c1-19-6-3-4-8-24(19)30-29(36)31-25-14-9-20(16-26(25)39-2)17-27(33)32-15-5-7-22(32)18-40(37,38)23-12-10-21(11-13-23)28(34)35/h3-4,6,8-14,16,22H,5,7,15,17-18H2,1-2H3,(H,34,35)(H2,30,31,36). The third-order valence-corrected chi connectivity index (χ3v) is 8.65. The number of hydrogen-bond donors (Lipinski definition) is 3. The van der Waals surface area contributed by atoms with E-state index in [1.54, 1.807) is 29.2 Å². The third-order valence-electron chi connectivity index (χ3n) is 6.83. The molecule has 1 unspecified atom stereocenters. The highest BCUT2D eigenvalue weighted by molar-refractivity contribution is 7.91. The molecule has 0 aliphatic carbocycles. The molecule has 3 amide bonds. The lowest BCUT2D eigenvalue weighted by molar-refractivity contribution is -0.130. The molecule has 1 fully saturated rings. The van der Waals surface area contributed by atoms with Gasteiger partial charge in [0, 0.05) is 18.3 Å². The van der Waals surface area contributed by atoms with Crippen molar-refractivity contribution < 1.29 is 32.6 Å². The highest BCUT2D eigenvalue weighted by atomic mass is 32.2. The average Bonchev–Trinajstić information content (AvgIpc) is 3.38. The normalized spacial score (nSPS) is 14.9. The number of aromatic carboxylic acids is 1. The number of nitrogens with zero attached hydrogens (tertiary/aromatic N) is 1. The Bertz CT molecular complexity index is 1520. The number of methoxy groups -OCH3 is 1. The van der Waals surface area contributed by atoms with Crippen molar-refractivity contribution >= 4 is 39.1 Å². The maximum absolute atomic E-state index is 13.2. The molecule has 0 bridgehead atoms. The Morgan fingerprint density at radius 3 is 2.38 bits per heavy atom. The Morgan fingerprint density at radius 2 is 1.70 bits per heavy atom. The first-order valence-electron chi connectivity index (χ1n) is 12.7. The first kappa shape index (κ1) is 28.6. The predicted octanol–water partition coefficient (Wildman–Crippen LogP) is 4.35. The molecular weight excluding hydrogens is 534 g/mol. The monoisotopic (exact) mass is 565 g/mol. The number of likely N-dealkylation sites (tertiary alicyclic amines) is 1. The topological polar surface area (TPSA) is 142 Å². The fourth-order valence-electron chi connectivity index (χ4n) is 4.71. The Hall–Kier alpha value is -4.38. The second-order valence-electron chi connectivity index (χ2n) is 9.60. The molecule has 3 N–H and O–H groups in total. The fourth-order valence-corrected chi connectivity index (χ4v) is 6.30. The third kappa shape index (κ3) is 6.78. The summed E-state index contributed by atoms with van der Waals surface area (Å²) in [5, 5.41) is 14.6. The molecule has 10 nitrogen and oxygen atoms in total. The van der Waals surface area contributed by atoms with E-state index in [0.717, 1.165) is 5.56 Å². The molecule has 4 rings (SSSR count). The molecule has 11 heteroatoms. The minimum atomic E-state index is -3.73. The second-order valence-corrected chi connectivity index (χ2v) is 11.6. The molecule has 3 aromatic rings. The predicted molar refractivity (Wildman–Crippen MR) is 151 cm³/mol. The summed E-state index contributed by atoms with van der Waals surface area (Å²) in [6.07, 6.45) is 1.28. The van der Waals surface area contributed by atoms with Crippen molar-refractivity contribution in [2.75, 3.05) is 30.0 Å². The van der Waals surface area contributed by atoms with Crippen LogP contribution in [0.2, 0.25) is 0 Å². The average molecular weight is 566 g/mol. The van der Waals surface area contributed by atoms with E-state index in [0.29, 0.717) is 42.1 Å². The summed E-state index contributed by atoms with van der Waals surface area (Å²) in [6, 6.07) is 16.6. The minimum absolute atomic E-state index is 0.000174. The second kappa shape index (κ2) is 12.2. The number of amides is 3. The fraction of sp³-hybridized carbons (Fsp3) is 0.276. The first-order chi connectivity index (χ1) is 19.1. The molecular formula is C29H31N3O7S. The number of urea groups is 1. The Balaban J connectivity index is 1.40. The Labute approximate surface area is 232 Å². The van der Waals surface area contributed by atoms with Gasteiger partial charge in [0.15, 0.2) is 9.84 Å². The molecule has 0 radical (unpaired) electrons. The van der Waals surface area contributed by atoms with Crippen molar-refractivity contribution in [3.63, 3.8) is 0 Å². The van der Waals surface area contributed by atoms with Gasteiger partial charge in [0.25, 0.3) is 0 Å². The van der Waals surface area contributed by atoms with E-state index in [9.17, 15) is 22.8 Å². The SMILES string of the molecule is COc1cc(CC(=O)N2CCCC2CS(=O)(=O)c2ccc(C(=O)O)cc2)ccc1NC(=O)Nc1ccccc1C. The van der Waals surface area contributed by atoms with Gasteiger partial charge >= 0.3 is 12.0 Å². The van der Waals surface area contributed by atoms with Crippen LogP contribution in [0, 0.1) is 6.92 Å². The van der Waals surface area contributed by atoms with Crippen molar-refractivity contribution in [3.8, 4) is 5.75 Å². The van der Waals surface area contributed by atoms with E-state index < -0.39 is 27.9 Å². The molecule has 1 atom stereocenters. The minimum Gasteiger partial charge on any atom is -0.495 e. The molecule has 210 valence electrons. The summed E-state index contributed by atoms with van der Waals surface area (Å²) < 4.78 is 31.4. The van der Waals surface area contributed by atoms with Crippen molar-refractivity contribution in [2.24, 2.45) is 0 Å². The van der Waals surface area contributed by atoms with Crippen LogP contribution in [-0.4, -0.2) is 61.8 Å². The summed E-state index contributed by atoms with van der Waals surface area (Å²) in [7, 11) is -2.26. The number of carbonyl (C=O) groups excluding carboxylic acids is 2. The summed E-state index contributed by atoms with van der Waals surface area (Å²) in [5.41, 5.74) is 2.69. The van der Waals surface area contributed by atoms with E-state index in [1.807, 2.05) is 25.1 Å². The van der Waals surface area contributed by atoms with E-state index in [1.165, 1.54) is 31.4 Å². The smallest absolute Gasteiger partial charge is 0.335 e. The number of carbonyl (C=O) groups is 3. The number of carboxylic acids is 1. The number of para-hydroxylation sites is 1. The van der Waals surface area contributed by atoms with Gasteiger partial charge in [0.1, 0.15) is 5.75 Å². The quantitative estimate of drug-likeness (QED) is 0.350. The van der Waals surface area contributed by atoms with Gasteiger partial charge in [0.2, 0.25) is 5.91 Å². The molecule has 1 aliphatic rings. The van der Waals surface area contributed by atoms with Gasteiger partial charge in [-0.15, -0.1) is 0 Å². The number of ether oxygens (including phenoxy) is 1. The summed E-state index contributed by atoms with van der Waals surface area (Å²) >= 11 is 0. The van der Waals surface area contributed by atoms with Crippen LogP contribution in [0.1, 0.15) is 34.3 Å². The van der Waals surface area contributed by atoms with Crippen molar-refractivity contribution in [1.82, 2.24) is 4.90 Å². The maximum atomic E-state index is 13.2. The van der Waals surface area contributed by atoms with E-state index >= 15 is 0 Å². The molecule has 40 heavy (non-hydrogen) atoms. The van der Waals surface area contributed by atoms with Crippen LogP contribution in [0.4, 0.5) is 16.2 Å². The van der Waals surface area contributed by atoms with Gasteiger partial charge in [0.05, 0.1) is 35.4 Å². The van der Waals surface area contributed by atoms with Gasteiger partial charge < -0.3 is 25.4 Å². The number of benzene rings is 3. The number of carboxylic acid groups (broad SMARTS) is 1. The number of nitrogens with one attached hydrogen (secondary N) is 2. The van der Waals surface area contributed by atoms with Crippen LogP contribution in [-0.2, 0) is 21.1 Å². The van der Waals surface area contributed by atoms with Crippen LogP contribution < -0.4 is 15.4 Å². The molecule has 0 saturated carbocycles. The lowest BCUT2D eigenvalue weighted by Crippen LogP contribution is -2.40.